The van der Waals surface area contributed by atoms with Gasteiger partial charge in [0.25, 0.3) is 0 Å². The molecule has 1 saturated carbocycles. The Bertz CT molecular complexity index is 586. The summed E-state index contributed by atoms with van der Waals surface area (Å²) in [6, 6.07) is 7.02. The Kier molecular flexibility index (Phi) is 9.11. The molecule has 0 aliphatic heterocycles. The van der Waals surface area contributed by atoms with Gasteiger partial charge in [0.15, 0.2) is 0 Å². The molecule has 1 aromatic rings. The highest BCUT2D eigenvalue weighted by Gasteiger charge is 2.27. The van der Waals surface area contributed by atoms with E-state index < -0.39 is 0 Å². The maximum atomic E-state index is 12.3. The first-order valence-electron chi connectivity index (χ1n) is 9.61. The van der Waals surface area contributed by atoms with Crippen molar-refractivity contribution in [1.29, 1.82) is 0 Å². The molecule has 1 aromatic carbocycles. The van der Waals surface area contributed by atoms with Crippen molar-refractivity contribution in [2.45, 2.75) is 44.2 Å². The molecule has 27 heavy (non-hydrogen) atoms. The second-order valence-electron chi connectivity index (χ2n) is 7.14. The number of hydrogen-bond acceptors (Lipinski definition) is 4. The molecule has 0 radical (unpaired) electrons. The van der Waals surface area contributed by atoms with Crippen LogP contribution in [0.1, 0.15) is 32.1 Å². The van der Waals surface area contributed by atoms with Crippen LogP contribution in [0.5, 0.6) is 5.75 Å². The molecule has 6 heteroatoms. The van der Waals surface area contributed by atoms with Crippen LogP contribution in [0.3, 0.4) is 0 Å². The Balaban J connectivity index is 1.66. The van der Waals surface area contributed by atoms with Gasteiger partial charge in [-0.25, -0.2) is 4.79 Å². The molecule has 0 N–H and O–H groups in total. The minimum Gasteiger partial charge on any atom is -0.410 e. The maximum Gasteiger partial charge on any atom is 0.415 e. The van der Waals surface area contributed by atoms with E-state index in [1.165, 1.54) is 0 Å². The third kappa shape index (κ3) is 7.53. The summed E-state index contributed by atoms with van der Waals surface area (Å²) in [5.41, 5.74) is 0. The van der Waals surface area contributed by atoms with E-state index >= 15 is 0 Å². The van der Waals surface area contributed by atoms with Gasteiger partial charge in [-0.15, -0.1) is 6.58 Å². The van der Waals surface area contributed by atoms with E-state index in [9.17, 15) is 4.79 Å². The van der Waals surface area contributed by atoms with Gasteiger partial charge in [-0.3, -0.25) is 0 Å². The van der Waals surface area contributed by atoms with Gasteiger partial charge in [0, 0.05) is 37.8 Å². The van der Waals surface area contributed by atoms with Crippen LogP contribution in [0.25, 0.3) is 0 Å². The topological polar surface area (TPSA) is 42.0 Å². The number of halogens is 1. The summed E-state index contributed by atoms with van der Waals surface area (Å²) in [7, 11) is 3.89. The summed E-state index contributed by atoms with van der Waals surface area (Å²) in [4.78, 5) is 16.3. The van der Waals surface area contributed by atoms with Crippen molar-refractivity contribution in [2.75, 3.05) is 33.8 Å². The molecule has 0 atom stereocenters. The van der Waals surface area contributed by atoms with Crippen LogP contribution in [0.4, 0.5) is 4.79 Å². The standard InChI is InChI=1S/C21H31ClN2O3/c1-4-14-23(2)15-5-16-26-19-12-8-18(9-13-19)24(3)21(25)27-20-10-6-17(22)7-11-20/h4,6-7,10-11,18-19H,1,5,8-9,12-16H2,2-3H3. The molecule has 5 nitrogen and oxygen atoms in total. The summed E-state index contributed by atoms with van der Waals surface area (Å²) in [5.74, 6) is 0.509. The van der Waals surface area contributed by atoms with E-state index in [2.05, 4.69) is 18.5 Å². The molecule has 0 saturated heterocycles. The van der Waals surface area contributed by atoms with Crippen molar-refractivity contribution in [3.8, 4) is 5.75 Å². The van der Waals surface area contributed by atoms with Crippen molar-refractivity contribution >= 4 is 17.7 Å². The second-order valence-corrected chi connectivity index (χ2v) is 7.58. The van der Waals surface area contributed by atoms with Gasteiger partial charge in [-0.1, -0.05) is 17.7 Å². The van der Waals surface area contributed by atoms with Crippen LogP contribution >= 0.6 is 11.6 Å². The molecule has 1 aliphatic carbocycles. The first-order valence-corrected chi connectivity index (χ1v) is 9.98. The van der Waals surface area contributed by atoms with Crippen LogP contribution in [0, 0.1) is 0 Å². The first-order chi connectivity index (χ1) is 13.0. The van der Waals surface area contributed by atoms with Gasteiger partial charge >= 0.3 is 6.09 Å². The number of nitrogens with zero attached hydrogens (tertiary/aromatic N) is 2. The zero-order valence-corrected chi connectivity index (χ0v) is 17.2. The molecule has 0 bridgehead atoms. The summed E-state index contributed by atoms with van der Waals surface area (Å²) < 4.78 is 11.4. The summed E-state index contributed by atoms with van der Waals surface area (Å²) in [5, 5.41) is 0.619. The van der Waals surface area contributed by atoms with Crippen molar-refractivity contribution in [2.24, 2.45) is 0 Å². The van der Waals surface area contributed by atoms with Crippen molar-refractivity contribution in [3.63, 3.8) is 0 Å². The van der Waals surface area contributed by atoms with Gasteiger partial charge in [-0.2, -0.15) is 0 Å². The fourth-order valence-corrected chi connectivity index (χ4v) is 3.45. The quantitative estimate of drug-likeness (QED) is 0.453. The molecular formula is C21H31ClN2O3. The fourth-order valence-electron chi connectivity index (χ4n) is 3.32. The highest BCUT2D eigenvalue weighted by atomic mass is 35.5. The number of amides is 1. The predicted molar refractivity (Wildman–Crippen MR) is 110 cm³/mol. The van der Waals surface area contributed by atoms with E-state index in [-0.39, 0.29) is 12.1 Å². The highest BCUT2D eigenvalue weighted by molar-refractivity contribution is 6.30. The Morgan fingerprint density at radius 3 is 2.52 bits per heavy atom. The van der Waals surface area contributed by atoms with Gasteiger partial charge < -0.3 is 19.3 Å². The van der Waals surface area contributed by atoms with Crippen molar-refractivity contribution in [3.05, 3.63) is 41.9 Å². The largest absolute Gasteiger partial charge is 0.415 e. The van der Waals surface area contributed by atoms with Gasteiger partial charge in [0.1, 0.15) is 5.75 Å². The lowest BCUT2D eigenvalue weighted by molar-refractivity contribution is 0.00923. The minimum atomic E-state index is -0.327. The smallest absolute Gasteiger partial charge is 0.410 e. The molecule has 0 spiro atoms. The predicted octanol–water partition coefficient (Wildman–Crippen LogP) is 4.61. The number of benzene rings is 1. The average Bonchev–Trinajstić information content (AvgIpc) is 2.67. The van der Waals surface area contributed by atoms with Crippen LogP contribution in [0.2, 0.25) is 5.02 Å². The number of likely N-dealkylation sites (N-methyl/N-ethyl adjacent to an activating group) is 1. The van der Waals surface area contributed by atoms with E-state index in [0.717, 1.165) is 51.8 Å². The number of carbonyl (C=O) groups excluding carboxylic acids is 1. The van der Waals surface area contributed by atoms with Gasteiger partial charge in [-0.05, 0) is 63.4 Å². The van der Waals surface area contributed by atoms with Crippen molar-refractivity contribution in [1.82, 2.24) is 9.80 Å². The number of rotatable bonds is 9. The zero-order chi connectivity index (χ0) is 19.6. The zero-order valence-electron chi connectivity index (χ0n) is 16.4. The summed E-state index contributed by atoms with van der Waals surface area (Å²) in [6.07, 6.45) is 6.74. The maximum absolute atomic E-state index is 12.3. The van der Waals surface area contributed by atoms with E-state index in [1.54, 1.807) is 36.2 Å². The van der Waals surface area contributed by atoms with Crippen molar-refractivity contribution < 1.29 is 14.3 Å². The Hall–Kier alpha value is -1.56. The third-order valence-corrected chi connectivity index (χ3v) is 5.23. The number of ether oxygens (including phenoxy) is 2. The lowest BCUT2D eigenvalue weighted by atomic mass is 9.92. The SMILES string of the molecule is C=CCN(C)CCCOC1CCC(N(C)C(=O)Oc2ccc(Cl)cc2)CC1. The molecule has 1 amide bonds. The third-order valence-electron chi connectivity index (χ3n) is 4.98. The summed E-state index contributed by atoms with van der Waals surface area (Å²) >= 11 is 5.85. The van der Waals surface area contributed by atoms with Crippen LogP contribution in [0.15, 0.2) is 36.9 Å². The minimum absolute atomic E-state index is 0.198. The average molecular weight is 395 g/mol. The molecule has 150 valence electrons. The van der Waals surface area contributed by atoms with E-state index in [1.807, 2.05) is 6.08 Å². The molecule has 1 fully saturated rings. The number of carbonyl (C=O) groups is 1. The Morgan fingerprint density at radius 2 is 1.89 bits per heavy atom. The summed E-state index contributed by atoms with van der Waals surface area (Å²) in [6.45, 7) is 6.45. The van der Waals surface area contributed by atoms with Crippen LogP contribution < -0.4 is 4.74 Å². The first kappa shape index (κ1) is 21.7. The van der Waals surface area contributed by atoms with E-state index in [4.69, 9.17) is 21.1 Å². The van der Waals surface area contributed by atoms with Gasteiger partial charge in [0.05, 0.1) is 6.10 Å². The second kappa shape index (κ2) is 11.3. The molecule has 0 aromatic heterocycles. The highest BCUT2D eigenvalue weighted by Crippen LogP contribution is 2.25. The van der Waals surface area contributed by atoms with Crippen LogP contribution in [-0.2, 0) is 4.74 Å². The molecule has 0 unspecified atom stereocenters. The Morgan fingerprint density at radius 1 is 1.22 bits per heavy atom. The van der Waals surface area contributed by atoms with Crippen LogP contribution in [-0.4, -0.2) is 61.8 Å². The molecule has 0 heterocycles. The fraction of sp³-hybridized carbons (Fsp3) is 0.571. The Labute approximate surface area is 167 Å². The van der Waals surface area contributed by atoms with Gasteiger partial charge in [0.2, 0.25) is 0 Å². The normalized spacial score (nSPS) is 19.7. The molecular weight excluding hydrogens is 364 g/mol. The monoisotopic (exact) mass is 394 g/mol. The molecule has 1 aliphatic rings. The van der Waals surface area contributed by atoms with E-state index in [0.29, 0.717) is 16.9 Å². The molecule has 2 rings (SSSR count). The lowest BCUT2D eigenvalue weighted by Gasteiger charge is -2.34. The number of hydrogen-bond donors (Lipinski definition) is 0. The lowest BCUT2D eigenvalue weighted by Crippen LogP contribution is -2.42.